The van der Waals surface area contributed by atoms with Gasteiger partial charge in [0, 0.05) is 11.6 Å². The summed E-state index contributed by atoms with van der Waals surface area (Å²) in [5.74, 6) is -0.128. The second-order valence-electron chi connectivity index (χ2n) is 5.04. The summed E-state index contributed by atoms with van der Waals surface area (Å²) in [5.41, 5.74) is 2.11. The number of carbonyl (C=O) groups excluding carboxylic acids is 1. The van der Waals surface area contributed by atoms with E-state index in [-0.39, 0.29) is 5.91 Å². The molecule has 1 aromatic carbocycles. The normalized spacial score (nSPS) is 10.7. The number of halogens is 1. The van der Waals surface area contributed by atoms with Gasteiger partial charge >= 0.3 is 0 Å². The Bertz CT molecular complexity index is 794. The van der Waals surface area contributed by atoms with Gasteiger partial charge in [0.25, 0.3) is 5.91 Å². The minimum atomic E-state index is -0.128. The zero-order valence-electron chi connectivity index (χ0n) is 12.6. The fourth-order valence-corrected chi connectivity index (χ4v) is 3.00. The lowest BCUT2D eigenvalue weighted by Gasteiger charge is -2.07. The molecule has 3 aromatic rings. The first-order valence-electron chi connectivity index (χ1n) is 7.37. The molecule has 1 N–H and O–H groups in total. The Morgan fingerprint density at radius 2 is 2.09 bits per heavy atom. The number of aromatic nitrogens is 2. The van der Waals surface area contributed by atoms with Gasteiger partial charge in [-0.3, -0.25) is 4.79 Å². The Morgan fingerprint density at radius 3 is 2.74 bits per heavy atom. The van der Waals surface area contributed by atoms with Crippen molar-refractivity contribution in [3.63, 3.8) is 0 Å². The quantitative estimate of drug-likeness (QED) is 0.745. The number of hydrogen-bond donors (Lipinski definition) is 1. The molecule has 0 aliphatic heterocycles. The van der Waals surface area contributed by atoms with Crippen LogP contribution in [0.3, 0.4) is 0 Å². The molecule has 0 radical (unpaired) electrons. The lowest BCUT2D eigenvalue weighted by Crippen LogP contribution is -2.26. The van der Waals surface area contributed by atoms with Crippen LogP contribution in [0, 0.1) is 0 Å². The van der Waals surface area contributed by atoms with E-state index in [2.05, 4.69) is 10.4 Å². The van der Waals surface area contributed by atoms with Gasteiger partial charge in [0.05, 0.1) is 10.6 Å². The Labute approximate surface area is 143 Å². The molecule has 0 fully saturated rings. The third-order valence-electron chi connectivity index (χ3n) is 3.32. The van der Waals surface area contributed by atoms with Crippen LogP contribution in [0.5, 0.6) is 0 Å². The summed E-state index contributed by atoms with van der Waals surface area (Å²) in [6.07, 6.45) is 0.888. The highest BCUT2D eigenvalue weighted by molar-refractivity contribution is 7.13. The van der Waals surface area contributed by atoms with Crippen LogP contribution in [0.1, 0.15) is 23.8 Å². The number of carbonyl (C=O) groups is 1. The fraction of sp³-hybridized carbons (Fsp3) is 0.176. The molecule has 2 aromatic heterocycles. The zero-order valence-corrected chi connectivity index (χ0v) is 14.2. The first-order chi connectivity index (χ1) is 11.2. The third-order valence-corrected chi connectivity index (χ3v) is 4.47. The molecule has 0 saturated heterocycles. The van der Waals surface area contributed by atoms with E-state index in [9.17, 15) is 4.79 Å². The van der Waals surface area contributed by atoms with E-state index >= 15 is 0 Å². The maximum Gasteiger partial charge on any atom is 0.270 e. The average molecular weight is 346 g/mol. The van der Waals surface area contributed by atoms with Crippen molar-refractivity contribution in [1.29, 1.82) is 0 Å². The SMILES string of the molecule is CCCNC(=O)c1cc(-c2cccs2)nn1-c1ccc(Cl)cc1. The van der Waals surface area contributed by atoms with Gasteiger partial charge in [-0.15, -0.1) is 11.3 Å². The number of thiophene rings is 1. The molecular weight excluding hydrogens is 330 g/mol. The van der Waals surface area contributed by atoms with Gasteiger partial charge in [-0.05, 0) is 48.2 Å². The van der Waals surface area contributed by atoms with E-state index in [0.717, 1.165) is 22.7 Å². The van der Waals surface area contributed by atoms with Gasteiger partial charge in [0.1, 0.15) is 11.4 Å². The topological polar surface area (TPSA) is 46.9 Å². The lowest BCUT2D eigenvalue weighted by atomic mass is 10.2. The zero-order chi connectivity index (χ0) is 16.2. The van der Waals surface area contributed by atoms with E-state index < -0.39 is 0 Å². The highest BCUT2D eigenvalue weighted by Gasteiger charge is 2.17. The molecule has 23 heavy (non-hydrogen) atoms. The van der Waals surface area contributed by atoms with Crippen LogP contribution in [-0.2, 0) is 0 Å². The van der Waals surface area contributed by atoms with Gasteiger partial charge in [-0.25, -0.2) is 4.68 Å². The Hall–Kier alpha value is -2.11. The lowest BCUT2D eigenvalue weighted by molar-refractivity contribution is 0.0946. The summed E-state index contributed by atoms with van der Waals surface area (Å²) in [6, 6.07) is 13.1. The number of benzene rings is 1. The molecule has 0 aliphatic rings. The first kappa shape index (κ1) is 15.8. The van der Waals surface area contributed by atoms with Crippen molar-refractivity contribution in [1.82, 2.24) is 15.1 Å². The highest BCUT2D eigenvalue weighted by Crippen LogP contribution is 2.26. The standard InChI is InChI=1S/C17H16ClN3OS/c1-2-9-19-17(22)15-11-14(16-4-3-10-23-16)20-21(15)13-7-5-12(18)6-8-13/h3-8,10-11H,2,9H2,1H3,(H,19,22). The number of nitrogens with one attached hydrogen (secondary N) is 1. The van der Waals surface area contributed by atoms with Crippen molar-refractivity contribution in [2.45, 2.75) is 13.3 Å². The van der Waals surface area contributed by atoms with Gasteiger partial charge < -0.3 is 5.32 Å². The fourth-order valence-electron chi connectivity index (χ4n) is 2.20. The van der Waals surface area contributed by atoms with Gasteiger partial charge in [-0.1, -0.05) is 24.6 Å². The molecule has 0 saturated carbocycles. The van der Waals surface area contributed by atoms with Crippen molar-refractivity contribution in [3.05, 3.63) is 58.6 Å². The van der Waals surface area contributed by atoms with Crippen molar-refractivity contribution in [2.24, 2.45) is 0 Å². The third kappa shape index (κ3) is 3.46. The summed E-state index contributed by atoms with van der Waals surface area (Å²) in [4.78, 5) is 13.5. The Morgan fingerprint density at radius 1 is 1.30 bits per heavy atom. The smallest absolute Gasteiger partial charge is 0.270 e. The molecule has 2 heterocycles. The Kier molecular flexibility index (Phi) is 4.79. The second kappa shape index (κ2) is 6.98. The summed E-state index contributed by atoms with van der Waals surface area (Å²) < 4.78 is 1.66. The minimum absolute atomic E-state index is 0.128. The number of nitrogens with zero attached hydrogens (tertiary/aromatic N) is 2. The summed E-state index contributed by atoms with van der Waals surface area (Å²) in [5, 5.41) is 10.2. The predicted molar refractivity (Wildman–Crippen MR) is 94.5 cm³/mol. The van der Waals surface area contributed by atoms with E-state index in [0.29, 0.717) is 17.3 Å². The van der Waals surface area contributed by atoms with E-state index in [1.807, 2.05) is 42.6 Å². The maximum atomic E-state index is 12.5. The summed E-state index contributed by atoms with van der Waals surface area (Å²) in [6.45, 7) is 2.66. The van der Waals surface area contributed by atoms with Crippen LogP contribution in [0.15, 0.2) is 47.8 Å². The minimum Gasteiger partial charge on any atom is -0.351 e. The van der Waals surface area contributed by atoms with E-state index in [1.165, 1.54) is 0 Å². The monoisotopic (exact) mass is 345 g/mol. The molecule has 6 heteroatoms. The molecule has 4 nitrogen and oxygen atoms in total. The molecule has 0 bridgehead atoms. The molecule has 0 unspecified atom stereocenters. The number of rotatable bonds is 5. The van der Waals surface area contributed by atoms with Crippen LogP contribution in [0.25, 0.3) is 16.3 Å². The van der Waals surface area contributed by atoms with Crippen molar-refractivity contribution in [2.75, 3.05) is 6.54 Å². The molecule has 3 rings (SSSR count). The van der Waals surface area contributed by atoms with Crippen LogP contribution >= 0.6 is 22.9 Å². The molecular formula is C17H16ClN3OS. The molecule has 1 amide bonds. The van der Waals surface area contributed by atoms with Crippen molar-refractivity contribution >= 4 is 28.8 Å². The highest BCUT2D eigenvalue weighted by atomic mass is 35.5. The predicted octanol–water partition coefficient (Wildman–Crippen LogP) is 4.39. The number of hydrogen-bond acceptors (Lipinski definition) is 3. The first-order valence-corrected chi connectivity index (χ1v) is 8.63. The van der Waals surface area contributed by atoms with Crippen LogP contribution < -0.4 is 5.32 Å². The second-order valence-corrected chi connectivity index (χ2v) is 6.42. The van der Waals surface area contributed by atoms with Crippen LogP contribution in [-0.4, -0.2) is 22.2 Å². The Balaban J connectivity index is 2.04. The maximum absolute atomic E-state index is 12.5. The van der Waals surface area contributed by atoms with Gasteiger partial charge in [0.15, 0.2) is 0 Å². The average Bonchev–Trinajstić information content (AvgIpc) is 3.22. The molecule has 0 aliphatic carbocycles. The van der Waals surface area contributed by atoms with Crippen LogP contribution in [0.4, 0.5) is 0 Å². The van der Waals surface area contributed by atoms with E-state index in [4.69, 9.17) is 11.6 Å². The van der Waals surface area contributed by atoms with Crippen molar-refractivity contribution in [3.8, 4) is 16.3 Å². The summed E-state index contributed by atoms with van der Waals surface area (Å²) >= 11 is 7.55. The van der Waals surface area contributed by atoms with Crippen LogP contribution in [0.2, 0.25) is 5.02 Å². The molecule has 118 valence electrons. The largest absolute Gasteiger partial charge is 0.351 e. The van der Waals surface area contributed by atoms with Gasteiger partial charge in [0.2, 0.25) is 0 Å². The van der Waals surface area contributed by atoms with Gasteiger partial charge in [-0.2, -0.15) is 5.10 Å². The van der Waals surface area contributed by atoms with E-state index in [1.54, 1.807) is 28.2 Å². The number of amides is 1. The van der Waals surface area contributed by atoms with Crippen molar-refractivity contribution < 1.29 is 4.79 Å². The molecule has 0 spiro atoms. The molecule has 0 atom stereocenters. The summed E-state index contributed by atoms with van der Waals surface area (Å²) in [7, 11) is 0.